The van der Waals surface area contributed by atoms with E-state index in [0.29, 0.717) is 23.6 Å². The van der Waals surface area contributed by atoms with E-state index in [0.717, 1.165) is 36.6 Å². The first-order chi connectivity index (χ1) is 17.5. The number of benzene rings is 2. The molecule has 0 bridgehead atoms. The molecule has 2 amide bonds. The van der Waals surface area contributed by atoms with Crippen molar-refractivity contribution in [1.82, 2.24) is 10.2 Å². The Balaban J connectivity index is 1.45. The highest BCUT2D eigenvalue weighted by Crippen LogP contribution is 2.38. The molecule has 188 valence electrons. The van der Waals surface area contributed by atoms with Crippen LogP contribution >= 0.6 is 0 Å². The zero-order valence-electron chi connectivity index (χ0n) is 20.8. The summed E-state index contributed by atoms with van der Waals surface area (Å²) in [5.41, 5.74) is 1.56. The molecule has 1 N–H and O–H groups in total. The van der Waals surface area contributed by atoms with Gasteiger partial charge in [-0.15, -0.1) is 0 Å². The third kappa shape index (κ3) is 4.45. The van der Waals surface area contributed by atoms with Crippen molar-refractivity contribution in [2.45, 2.75) is 51.1 Å². The summed E-state index contributed by atoms with van der Waals surface area (Å²) in [6.45, 7) is 2.47. The molecular formula is C29H32N2O5. The predicted molar refractivity (Wildman–Crippen MR) is 137 cm³/mol. The number of nitrogens with zero attached hydrogens (tertiary/aromatic N) is 1. The van der Waals surface area contributed by atoms with Crippen LogP contribution < -0.4 is 14.8 Å². The number of fused-ring (bicyclic) bond motifs is 3. The van der Waals surface area contributed by atoms with Crippen molar-refractivity contribution >= 4 is 22.8 Å². The Morgan fingerprint density at radius 2 is 1.94 bits per heavy atom. The molecule has 0 saturated carbocycles. The number of hydrogen-bond acceptors (Lipinski definition) is 5. The highest BCUT2D eigenvalue weighted by atomic mass is 16.5. The van der Waals surface area contributed by atoms with Crippen molar-refractivity contribution in [3.63, 3.8) is 0 Å². The summed E-state index contributed by atoms with van der Waals surface area (Å²) < 4.78 is 17.6. The Morgan fingerprint density at radius 1 is 1.14 bits per heavy atom. The van der Waals surface area contributed by atoms with Crippen LogP contribution in [0.4, 0.5) is 0 Å². The Labute approximate surface area is 211 Å². The topological polar surface area (TPSA) is 81.0 Å². The van der Waals surface area contributed by atoms with Crippen LogP contribution in [0.1, 0.15) is 55.1 Å². The van der Waals surface area contributed by atoms with E-state index in [9.17, 15) is 9.59 Å². The molecule has 5 rings (SSSR count). The van der Waals surface area contributed by atoms with Gasteiger partial charge in [-0.05, 0) is 57.2 Å². The van der Waals surface area contributed by atoms with E-state index in [1.807, 2.05) is 48.5 Å². The van der Waals surface area contributed by atoms with Crippen LogP contribution in [0.15, 0.2) is 64.6 Å². The van der Waals surface area contributed by atoms with Crippen LogP contribution in [-0.2, 0) is 11.3 Å². The summed E-state index contributed by atoms with van der Waals surface area (Å²) in [5.74, 6) is 0.635. The maximum atomic E-state index is 13.9. The summed E-state index contributed by atoms with van der Waals surface area (Å²) in [5, 5.41) is 3.75. The fourth-order valence-corrected chi connectivity index (χ4v) is 5.08. The Hall–Kier alpha value is -3.74. The number of carbonyl (C=O) groups is 2. The number of allylic oxidation sites excluding steroid dienone is 1. The van der Waals surface area contributed by atoms with Crippen LogP contribution in [0, 0.1) is 0 Å². The fourth-order valence-electron chi connectivity index (χ4n) is 5.08. The SMILES string of the molecule is COc1ccccc1CNC(=O)[C@]1(C)COc2c(oc3ccccc23)C(=O)N1CCC1=CCCCC1. The van der Waals surface area contributed by atoms with Crippen molar-refractivity contribution in [3.05, 3.63) is 71.5 Å². The number of furan rings is 1. The Bertz CT molecular complexity index is 1310. The first kappa shape index (κ1) is 24.0. The van der Waals surface area contributed by atoms with Gasteiger partial charge in [0, 0.05) is 18.7 Å². The third-order valence-electron chi connectivity index (χ3n) is 7.25. The monoisotopic (exact) mass is 488 g/mol. The number of ether oxygens (including phenoxy) is 2. The lowest BCUT2D eigenvalue weighted by atomic mass is 9.94. The van der Waals surface area contributed by atoms with Gasteiger partial charge in [0.05, 0.1) is 12.5 Å². The molecule has 0 unspecified atom stereocenters. The lowest BCUT2D eigenvalue weighted by Crippen LogP contribution is -2.61. The minimum absolute atomic E-state index is 0.0199. The molecule has 1 atom stereocenters. The van der Waals surface area contributed by atoms with Crippen molar-refractivity contribution in [2.75, 3.05) is 20.3 Å². The number of rotatable bonds is 7. The van der Waals surface area contributed by atoms with E-state index in [1.54, 1.807) is 18.9 Å². The van der Waals surface area contributed by atoms with Crippen LogP contribution in [0.25, 0.3) is 11.0 Å². The summed E-state index contributed by atoms with van der Waals surface area (Å²) in [6, 6.07) is 15.0. The second kappa shape index (κ2) is 10.1. The molecule has 1 aliphatic heterocycles. The summed E-state index contributed by atoms with van der Waals surface area (Å²) in [7, 11) is 1.60. The predicted octanol–water partition coefficient (Wildman–Crippen LogP) is 5.24. The highest BCUT2D eigenvalue weighted by molar-refractivity contribution is 6.04. The van der Waals surface area contributed by atoms with Gasteiger partial charge < -0.3 is 24.1 Å². The zero-order valence-corrected chi connectivity index (χ0v) is 20.8. The summed E-state index contributed by atoms with van der Waals surface area (Å²) >= 11 is 0. The number of hydrogen-bond donors (Lipinski definition) is 1. The fraction of sp³-hybridized carbons (Fsp3) is 0.379. The number of nitrogens with one attached hydrogen (secondary N) is 1. The van der Waals surface area contributed by atoms with E-state index >= 15 is 0 Å². The molecule has 1 aromatic heterocycles. The van der Waals surface area contributed by atoms with Crippen molar-refractivity contribution < 1.29 is 23.5 Å². The van der Waals surface area contributed by atoms with E-state index < -0.39 is 5.54 Å². The van der Waals surface area contributed by atoms with Crippen LogP contribution in [0.3, 0.4) is 0 Å². The highest BCUT2D eigenvalue weighted by Gasteiger charge is 2.47. The van der Waals surface area contributed by atoms with Crippen LogP contribution in [0.2, 0.25) is 0 Å². The van der Waals surface area contributed by atoms with Crippen molar-refractivity contribution in [1.29, 1.82) is 0 Å². The maximum Gasteiger partial charge on any atom is 0.294 e. The Morgan fingerprint density at radius 3 is 2.75 bits per heavy atom. The number of carbonyl (C=O) groups excluding carboxylic acids is 2. The van der Waals surface area contributed by atoms with Gasteiger partial charge in [0.1, 0.15) is 17.9 Å². The number of para-hydroxylation sites is 2. The average Bonchev–Trinajstić information content (AvgIpc) is 3.25. The minimum Gasteiger partial charge on any atom is -0.496 e. The average molecular weight is 489 g/mol. The maximum absolute atomic E-state index is 13.9. The van der Waals surface area contributed by atoms with E-state index in [-0.39, 0.29) is 30.7 Å². The lowest BCUT2D eigenvalue weighted by molar-refractivity contribution is -0.133. The van der Waals surface area contributed by atoms with Gasteiger partial charge in [-0.3, -0.25) is 9.59 Å². The van der Waals surface area contributed by atoms with Gasteiger partial charge in [-0.1, -0.05) is 42.0 Å². The van der Waals surface area contributed by atoms with Gasteiger partial charge in [-0.2, -0.15) is 0 Å². The molecule has 2 aromatic carbocycles. The molecule has 3 aromatic rings. The van der Waals surface area contributed by atoms with Gasteiger partial charge in [0.25, 0.3) is 5.91 Å². The van der Waals surface area contributed by atoms with Crippen LogP contribution in [0.5, 0.6) is 11.5 Å². The molecule has 2 aliphatic rings. The third-order valence-corrected chi connectivity index (χ3v) is 7.25. The van der Waals surface area contributed by atoms with Crippen molar-refractivity contribution in [3.8, 4) is 11.5 Å². The van der Waals surface area contributed by atoms with E-state index in [1.165, 1.54) is 12.0 Å². The van der Waals surface area contributed by atoms with Gasteiger partial charge in [0.15, 0.2) is 11.3 Å². The molecule has 7 nitrogen and oxygen atoms in total. The Kier molecular flexibility index (Phi) is 6.72. The normalized spacial score (nSPS) is 19.8. The first-order valence-electron chi connectivity index (χ1n) is 12.6. The molecule has 7 heteroatoms. The minimum atomic E-state index is -1.23. The van der Waals surface area contributed by atoms with Gasteiger partial charge in [-0.25, -0.2) is 0 Å². The second-order valence-corrected chi connectivity index (χ2v) is 9.63. The molecule has 0 radical (unpaired) electrons. The standard InChI is InChI=1S/C29H32N2O5/c1-29(28(33)30-18-21-12-6-8-14-23(21)34-2)19-35-25-22-13-7-9-15-24(22)36-26(25)27(32)31(29)17-16-20-10-4-3-5-11-20/h6-10,12-15H,3-5,11,16-19H2,1-2H3,(H,30,33)/t29-/m0/s1. The summed E-state index contributed by atoms with van der Waals surface area (Å²) in [6.07, 6.45) is 7.45. The van der Waals surface area contributed by atoms with Gasteiger partial charge >= 0.3 is 0 Å². The lowest BCUT2D eigenvalue weighted by Gasteiger charge is -2.38. The van der Waals surface area contributed by atoms with E-state index in [4.69, 9.17) is 13.9 Å². The quantitative estimate of drug-likeness (QED) is 0.460. The largest absolute Gasteiger partial charge is 0.496 e. The van der Waals surface area contributed by atoms with Gasteiger partial charge in [0.2, 0.25) is 11.7 Å². The van der Waals surface area contributed by atoms with Crippen molar-refractivity contribution in [2.24, 2.45) is 0 Å². The molecule has 1 aliphatic carbocycles. The van der Waals surface area contributed by atoms with Crippen LogP contribution in [-0.4, -0.2) is 42.5 Å². The summed E-state index contributed by atoms with van der Waals surface area (Å²) in [4.78, 5) is 29.3. The smallest absolute Gasteiger partial charge is 0.294 e. The first-order valence-corrected chi connectivity index (χ1v) is 12.6. The second-order valence-electron chi connectivity index (χ2n) is 9.63. The molecular weight excluding hydrogens is 456 g/mol. The zero-order chi connectivity index (χ0) is 25.1. The molecule has 2 heterocycles. The molecule has 36 heavy (non-hydrogen) atoms. The molecule has 0 spiro atoms. The molecule has 0 saturated heterocycles. The molecule has 0 fully saturated rings. The van der Waals surface area contributed by atoms with E-state index in [2.05, 4.69) is 11.4 Å². The number of methoxy groups -OCH3 is 1. The number of amides is 2.